The monoisotopic (exact) mass is 354 g/mol. The van der Waals surface area contributed by atoms with Gasteiger partial charge in [-0.2, -0.15) is 0 Å². The Labute approximate surface area is 151 Å². The maximum absolute atomic E-state index is 13.3. The molecule has 1 aliphatic heterocycles. The third-order valence-electron chi connectivity index (χ3n) is 5.19. The zero-order valence-corrected chi connectivity index (χ0v) is 14.6. The summed E-state index contributed by atoms with van der Waals surface area (Å²) >= 11 is 6.21. The zero-order valence-electron chi connectivity index (χ0n) is 13.8. The molecule has 1 fully saturated rings. The molecule has 0 bridgehead atoms. The summed E-state index contributed by atoms with van der Waals surface area (Å²) in [4.78, 5) is 27.3. The minimum Gasteiger partial charge on any atom is -0.319 e. The first-order valence-electron chi connectivity index (χ1n) is 8.58. The molecular weight excluding hydrogens is 336 g/mol. The molecule has 1 saturated heterocycles. The van der Waals surface area contributed by atoms with Gasteiger partial charge in [0, 0.05) is 5.02 Å². The van der Waals surface area contributed by atoms with E-state index in [1.54, 1.807) is 6.07 Å². The lowest BCUT2D eigenvalue weighted by atomic mass is 9.84. The predicted octanol–water partition coefficient (Wildman–Crippen LogP) is 4.01. The molecule has 2 aliphatic rings. The second-order valence-corrected chi connectivity index (χ2v) is 7.09. The van der Waals surface area contributed by atoms with Crippen molar-refractivity contribution in [2.45, 2.75) is 37.8 Å². The Morgan fingerprint density at radius 3 is 2.64 bits per heavy atom. The Bertz CT molecular complexity index is 851. The minimum atomic E-state index is -0.939. The molecule has 1 heterocycles. The lowest BCUT2D eigenvalue weighted by Crippen LogP contribution is -2.44. The van der Waals surface area contributed by atoms with Crippen LogP contribution in [0.3, 0.4) is 0 Å². The standard InChI is InChI=1S/C20H19ClN2O2/c21-17-11-4-2-9-15(17)13-23-18(24)20(22-19(23)25)12-6-5-8-14-7-1-3-10-16(14)20/h1-4,7,9-11H,5-6,8,12-13H2,(H,22,25). The molecule has 0 saturated carbocycles. The van der Waals surface area contributed by atoms with Crippen LogP contribution in [-0.2, 0) is 23.3 Å². The minimum absolute atomic E-state index is 0.174. The second-order valence-electron chi connectivity index (χ2n) is 6.68. The van der Waals surface area contributed by atoms with Gasteiger partial charge in [0.15, 0.2) is 0 Å². The molecule has 2 aromatic carbocycles. The fraction of sp³-hybridized carbons (Fsp3) is 0.300. The number of carbonyl (C=O) groups excluding carboxylic acids is 2. The number of benzene rings is 2. The number of aryl methyl sites for hydroxylation is 1. The van der Waals surface area contributed by atoms with Crippen LogP contribution in [0.2, 0.25) is 5.02 Å². The van der Waals surface area contributed by atoms with E-state index < -0.39 is 5.54 Å². The van der Waals surface area contributed by atoms with Crippen LogP contribution in [0.15, 0.2) is 48.5 Å². The first-order chi connectivity index (χ1) is 12.1. The normalized spacial score (nSPS) is 22.7. The van der Waals surface area contributed by atoms with Gasteiger partial charge in [0.05, 0.1) is 6.54 Å². The number of nitrogens with one attached hydrogen (secondary N) is 1. The predicted molar refractivity (Wildman–Crippen MR) is 96.2 cm³/mol. The van der Waals surface area contributed by atoms with Crippen LogP contribution in [0.4, 0.5) is 4.79 Å². The highest BCUT2D eigenvalue weighted by Crippen LogP contribution is 2.39. The molecule has 0 radical (unpaired) electrons. The molecule has 1 N–H and O–H groups in total. The lowest BCUT2D eigenvalue weighted by Gasteiger charge is -2.27. The van der Waals surface area contributed by atoms with Gasteiger partial charge in [0.2, 0.25) is 0 Å². The van der Waals surface area contributed by atoms with Gasteiger partial charge in [0.1, 0.15) is 5.54 Å². The number of urea groups is 1. The molecule has 5 heteroatoms. The van der Waals surface area contributed by atoms with Gasteiger partial charge in [0.25, 0.3) is 5.91 Å². The van der Waals surface area contributed by atoms with E-state index in [1.807, 2.05) is 36.4 Å². The molecular formula is C20H19ClN2O2. The molecule has 4 nitrogen and oxygen atoms in total. The van der Waals surface area contributed by atoms with Crippen molar-refractivity contribution in [2.75, 3.05) is 0 Å². The van der Waals surface area contributed by atoms with Crippen LogP contribution >= 0.6 is 11.6 Å². The molecule has 1 aliphatic carbocycles. The SMILES string of the molecule is O=C1NC2(CCCCc3ccccc32)C(=O)N1Cc1ccccc1Cl. The number of rotatable bonds is 2. The summed E-state index contributed by atoms with van der Waals surface area (Å²) in [5.41, 5.74) is 1.91. The topological polar surface area (TPSA) is 49.4 Å². The number of nitrogens with zero attached hydrogens (tertiary/aromatic N) is 1. The molecule has 25 heavy (non-hydrogen) atoms. The van der Waals surface area contributed by atoms with Gasteiger partial charge in [-0.3, -0.25) is 9.69 Å². The average molecular weight is 355 g/mol. The number of halogens is 1. The first-order valence-corrected chi connectivity index (χ1v) is 8.95. The molecule has 128 valence electrons. The molecule has 1 atom stereocenters. The highest BCUT2D eigenvalue weighted by atomic mass is 35.5. The molecule has 1 spiro atoms. The van der Waals surface area contributed by atoms with Crippen molar-refractivity contribution in [1.29, 1.82) is 0 Å². The number of fused-ring (bicyclic) bond motifs is 2. The summed E-state index contributed by atoms with van der Waals surface area (Å²) < 4.78 is 0. The van der Waals surface area contributed by atoms with Crippen LogP contribution in [-0.4, -0.2) is 16.8 Å². The Balaban J connectivity index is 1.73. The van der Waals surface area contributed by atoms with Crippen molar-refractivity contribution < 1.29 is 9.59 Å². The van der Waals surface area contributed by atoms with E-state index in [0.29, 0.717) is 11.4 Å². The number of amides is 3. The van der Waals surface area contributed by atoms with E-state index in [9.17, 15) is 9.59 Å². The van der Waals surface area contributed by atoms with Crippen molar-refractivity contribution in [3.05, 3.63) is 70.2 Å². The molecule has 4 rings (SSSR count). The van der Waals surface area contributed by atoms with E-state index in [1.165, 1.54) is 4.90 Å². The number of hydrogen-bond acceptors (Lipinski definition) is 2. The number of imide groups is 1. The Morgan fingerprint density at radius 1 is 1.04 bits per heavy atom. The average Bonchev–Trinajstić information content (AvgIpc) is 2.76. The molecule has 3 amide bonds. The largest absolute Gasteiger partial charge is 0.325 e. The van der Waals surface area contributed by atoms with Crippen molar-refractivity contribution in [2.24, 2.45) is 0 Å². The van der Waals surface area contributed by atoms with E-state index in [-0.39, 0.29) is 18.5 Å². The summed E-state index contributed by atoms with van der Waals surface area (Å²) in [5, 5.41) is 3.56. The number of carbonyl (C=O) groups is 2. The fourth-order valence-electron chi connectivity index (χ4n) is 3.91. The van der Waals surface area contributed by atoms with Crippen LogP contribution in [0.1, 0.15) is 36.0 Å². The van der Waals surface area contributed by atoms with Crippen molar-refractivity contribution in [3.8, 4) is 0 Å². The third-order valence-corrected chi connectivity index (χ3v) is 5.56. The number of hydrogen-bond donors (Lipinski definition) is 1. The van der Waals surface area contributed by atoms with E-state index in [0.717, 1.165) is 36.0 Å². The van der Waals surface area contributed by atoms with Crippen molar-refractivity contribution >= 4 is 23.5 Å². The summed E-state index contributed by atoms with van der Waals surface area (Å²) in [6.45, 7) is 0.189. The second kappa shape index (κ2) is 6.19. The van der Waals surface area contributed by atoms with Crippen LogP contribution in [0.25, 0.3) is 0 Å². The summed E-state index contributed by atoms with van der Waals surface area (Å²) in [6, 6.07) is 14.9. The third kappa shape index (κ3) is 2.61. The molecule has 2 aromatic rings. The van der Waals surface area contributed by atoms with Crippen LogP contribution in [0.5, 0.6) is 0 Å². The van der Waals surface area contributed by atoms with Crippen molar-refractivity contribution in [1.82, 2.24) is 10.2 Å². The van der Waals surface area contributed by atoms with Gasteiger partial charge < -0.3 is 5.32 Å². The van der Waals surface area contributed by atoms with E-state index >= 15 is 0 Å². The summed E-state index contributed by atoms with van der Waals surface area (Å²) in [6.07, 6.45) is 3.49. The highest BCUT2D eigenvalue weighted by Gasteiger charge is 2.53. The maximum atomic E-state index is 13.3. The van der Waals surface area contributed by atoms with Gasteiger partial charge in [-0.1, -0.05) is 54.1 Å². The molecule has 1 unspecified atom stereocenters. The van der Waals surface area contributed by atoms with Gasteiger partial charge in [-0.15, -0.1) is 0 Å². The van der Waals surface area contributed by atoms with Crippen LogP contribution in [0, 0.1) is 0 Å². The Hall–Kier alpha value is -2.33. The van der Waals surface area contributed by atoms with Gasteiger partial charge in [-0.25, -0.2) is 4.79 Å². The molecule has 0 aromatic heterocycles. The zero-order chi connectivity index (χ0) is 17.4. The van der Waals surface area contributed by atoms with E-state index in [2.05, 4.69) is 11.4 Å². The van der Waals surface area contributed by atoms with E-state index in [4.69, 9.17) is 11.6 Å². The lowest BCUT2D eigenvalue weighted by molar-refractivity contribution is -0.132. The Morgan fingerprint density at radius 2 is 1.80 bits per heavy atom. The Kier molecular flexibility index (Phi) is 4.00. The maximum Gasteiger partial charge on any atom is 0.325 e. The summed E-state index contributed by atoms with van der Waals surface area (Å²) in [7, 11) is 0. The van der Waals surface area contributed by atoms with Crippen LogP contribution < -0.4 is 5.32 Å². The quantitative estimate of drug-likeness (QED) is 0.828. The summed E-state index contributed by atoms with van der Waals surface area (Å²) in [5.74, 6) is -0.174. The smallest absolute Gasteiger partial charge is 0.319 e. The first kappa shape index (κ1) is 16.2. The fourth-order valence-corrected chi connectivity index (χ4v) is 4.11. The van der Waals surface area contributed by atoms with Gasteiger partial charge in [-0.05, 0) is 48.4 Å². The highest BCUT2D eigenvalue weighted by molar-refractivity contribution is 6.31. The van der Waals surface area contributed by atoms with Gasteiger partial charge >= 0.3 is 6.03 Å². The van der Waals surface area contributed by atoms with Crippen molar-refractivity contribution in [3.63, 3.8) is 0 Å².